The second-order valence-electron chi connectivity index (χ2n) is 6.89. The lowest BCUT2D eigenvalue weighted by Gasteiger charge is -2.29. The predicted octanol–water partition coefficient (Wildman–Crippen LogP) is 2.23. The van der Waals surface area contributed by atoms with E-state index in [0.717, 1.165) is 29.8 Å². The molecular weight excluding hydrogens is 368 g/mol. The maximum atomic E-state index is 12.6. The van der Waals surface area contributed by atoms with Crippen LogP contribution < -0.4 is 19.1 Å². The number of rotatable bonds is 6. The third-order valence-corrected chi connectivity index (χ3v) is 5.99. The number of anilines is 1. The Labute approximate surface area is 160 Å². The number of amides is 1. The van der Waals surface area contributed by atoms with Crippen LogP contribution in [0, 0.1) is 0 Å². The number of hydrogen-bond donors (Lipinski definition) is 1. The Morgan fingerprint density at radius 3 is 2.63 bits per heavy atom. The highest BCUT2D eigenvalue weighted by Gasteiger charge is 2.30. The van der Waals surface area contributed by atoms with E-state index >= 15 is 0 Å². The summed E-state index contributed by atoms with van der Waals surface area (Å²) >= 11 is 0. The minimum absolute atomic E-state index is 0.332. The van der Waals surface area contributed by atoms with Crippen molar-refractivity contribution in [3.05, 3.63) is 29.8 Å². The van der Waals surface area contributed by atoms with Gasteiger partial charge in [0.15, 0.2) is 11.5 Å². The number of allylic oxidation sites excluding steroid dienone is 1. The van der Waals surface area contributed by atoms with E-state index in [1.807, 2.05) is 0 Å². The van der Waals surface area contributed by atoms with E-state index < -0.39 is 16.1 Å². The first-order valence-corrected chi connectivity index (χ1v) is 11.1. The predicted molar refractivity (Wildman–Crippen MR) is 104 cm³/mol. The summed E-state index contributed by atoms with van der Waals surface area (Å²) in [4.78, 5) is 12.6. The van der Waals surface area contributed by atoms with Crippen molar-refractivity contribution in [2.45, 2.75) is 38.6 Å². The van der Waals surface area contributed by atoms with Crippen molar-refractivity contribution in [1.82, 2.24) is 5.32 Å². The molecule has 27 heavy (non-hydrogen) atoms. The summed E-state index contributed by atoms with van der Waals surface area (Å²) in [6.07, 6.45) is 7.57. The maximum absolute atomic E-state index is 12.6. The number of carbonyl (C=O) groups excluding carboxylic acids is 1. The zero-order valence-corrected chi connectivity index (χ0v) is 16.5. The summed E-state index contributed by atoms with van der Waals surface area (Å²) in [5.74, 6) is 0.717. The molecule has 1 heterocycles. The van der Waals surface area contributed by atoms with Crippen molar-refractivity contribution in [3.63, 3.8) is 0 Å². The lowest BCUT2D eigenvalue weighted by Crippen LogP contribution is -2.48. The SMILES string of the molecule is C[C@H](C(=O)NCC1=CCCCC1)N(c1ccc2c(c1)OCCO2)S(C)(=O)=O. The molecule has 0 bridgehead atoms. The Bertz CT molecular complexity index is 835. The molecule has 1 aliphatic carbocycles. The standard InChI is InChI=1S/C19H26N2O5S/c1-14(19(22)20-13-15-6-4-3-5-7-15)21(27(2,23)24)16-8-9-17-18(12-16)26-11-10-25-17/h6,8-9,12,14H,3-5,7,10-11,13H2,1-2H3,(H,20,22)/t14-/m1/s1. The summed E-state index contributed by atoms with van der Waals surface area (Å²) in [6.45, 7) is 2.90. The van der Waals surface area contributed by atoms with Crippen molar-refractivity contribution >= 4 is 21.6 Å². The minimum atomic E-state index is -3.67. The normalized spacial score (nSPS) is 17.6. The van der Waals surface area contributed by atoms with Gasteiger partial charge in [-0.15, -0.1) is 0 Å². The molecule has 1 N–H and O–H groups in total. The van der Waals surface area contributed by atoms with Crippen LogP contribution in [0.1, 0.15) is 32.6 Å². The van der Waals surface area contributed by atoms with Crippen LogP contribution in [0.15, 0.2) is 29.8 Å². The molecule has 1 aromatic carbocycles. The first kappa shape index (κ1) is 19.5. The molecule has 1 atom stereocenters. The van der Waals surface area contributed by atoms with Gasteiger partial charge < -0.3 is 14.8 Å². The Kier molecular flexibility index (Phi) is 5.94. The van der Waals surface area contributed by atoms with E-state index in [1.54, 1.807) is 25.1 Å². The van der Waals surface area contributed by atoms with Gasteiger partial charge >= 0.3 is 0 Å². The Balaban J connectivity index is 1.78. The lowest BCUT2D eigenvalue weighted by atomic mass is 10.00. The van der Waals surface area contributed by atoms with E-state index in [-0.39, 0.29) is 5.91 Å². The third-order valence-electron chi connectivity index (χ3n) is 4.74. The summed E-state index contributed by atoms with van der Waals surface area (Å²) in [5.41, 5.74) is 1.58. The summed E-state index contributed by atoms with van der Waals surface area (Å²) in [7, 11) is -3.67. The average molecular weight is 394 g/mol. The molecule has 0 radical (unpaired) electrons. The zero-order valence-electron chi connectivity index (χ0n) is 15.7. The summed E-state index contributed by atoms with van der Waals surface area (Å²) in [6, 6.07) is 4.01. The van der Waals surface area contributed by atoms with Crippen LogP contribution >= 0.6 is 0 Å². The number of carbonyl (C=O) groups is 1. The molecule has 3 rings (SSSR count). The van der Waals surface area contributed by atoms with Gasteiger partial charge in [0, 0.05) is 12.6 Å². The number of hydrogen-bond acceptors (Lipinski definition) is 5. The number of nitrogens with zero attached hydrogens (tertiary/aromatic N) is 1. The highest BCUT2D eigenvalue weighted by Crippen LogP contribution is 2.35. The molecule has 2 aliphatic rings. The fraction of sp³-hybridized carbons (Fsp3) is 0.526. The number of fused-ring (bicyclic) bond motifs is 1. The van der Waals surface area contributed by atoms with Crippen LogP contribution in [0.4, 0.5) is 5.69 Å². The maximum Gasteiger partial charge on any atom is 0.243 e. The first-order valence-electron chi connectivity index (χ1n) is 9.21. The molecule has 0 fully saturated rings. The number of sulfonamides is 1. The molecular formula is C19H26N2O5S. The number of benzene rings is 1. The number of ether oxygens (including phenoxy) is 2. The Morgan fingerprint density at radius 1 is 1.22 bits per heavy atom. The first-order chi connectivity index (χ1) is 12.9. The van der Waals surface area contributed by atoms with Crippen LogP contribution in [0.5, 0.6) is 11.5 Å². The fourth-order valence-electron chi connectivity index (χ4n) is 3.39. The molecule has 8 heteroatoms. The monoisotopic (exact) mass is 394 g/mol. The molecule has 0 aromatic heterocycles. The molecule has 0 saturated heterocycles. The van der Waals surface area contributed by atoms with Gasteiger partial charge in [-0.3, -0.25) is 9.10 Å². The van der Waals surface area contributed by atoms with E-state index in [2.05, 4.69) is 11.4 Å². The van der Waals surface area contributed by atoms with Crippen molar-refractivity contribution < 1.29 is 22.7 Å². The number of nitrogens with one attached hydrogen (secondary N) is 1. The molecule has 0 spiro atoms. The van der Waals surface area contributed by atoms with Gasteiger partial charge in [-0.25, -0.2) is 8.42 Å². The smallest absolute Gasteiger partial charge is 0.243 e. The third kappa shape index (κ3) is 4.74. The van der Waals surface area contributed by atoms with Gasteiger partial charge in [-0.05, 0) is 44.7 Å². The average Bonchev–Trinajstić information content (AvgIpc) is 2.65. The van der Waals surface area contributed by atoms with Gasteiger partial charge in [0.2, 0.25) is 15.9 Å². The Hall–Kier alpha value is -2.22. The molecule has 1 aliphatic heterocycles. The van der Waals surface area contributed by atoms with E-state index in [4.69, 9.17) is 9.47 Å². The van der Waals surface area contributed by atoms with Gasteiger partial charge in [0.05, 0.1) is 11.9 Å². The summed E-state index contributed by atoms with van der Waals surface area (Å²) < 4.78 is 37.0. The highest BCUT2D eigenvalue weighted by atomic mass is 32.2. The second-order valence-corrected chi connectivity index (χ2v) is 8.75. The summed E-state index contributed by atoms with van der Waals surface area (Å²) in [5, 5.41) is 2.87. The zero-order chi connectivity index (χ0) is 19.4. The van der Waals surface area contributed by atoms with Crippen molar-refractivity contribution in [1.29, 1.82) is 0 Å². The topological polar surface area (TPSA) is 84.9 Å². The largest absolute Gasteiger partial charge is 0.486 e. The van der Waals surface area contributed by atoms with E-state index in [1.165, 1.54) is 12.0 Å². The van der Waals surface area contributed by atoms with Crippen molar-refractivity contribution in [2.24, 2.45) is 0 Å². The van der Waals surface area contributed by atoms with Crippen LogP contribution in [-0.2, 0) is 14.8 Å². The molecule has 0 unspecified atom stereocenters. The van der Waals surface area contributed by atoms with Crippen LogP contribution in [0.3, 0.4) is 0 Å². The second kappa shape index (κ2) is 8.21. The molecule has 148 valence electrons. The van der Waals surface area contributed by atoms with E-state index in [0.29, 0.717) is 36.9 Å². The minimum Gasteiger partial charge on any atom is -0.486 e. The molecule has 1 aromatic rings. The molecule has 1 amide bonds. The van der Waals surface area contributed by atoms with Crippen molar-refractivity contribution in [2.75, 3.05) is 30.3 Å². The Morgan fingerprint density at radius 2 is 1.96 bits per heavy atom. The fourth-order valence-corrected chi connectivity index (χ4v) is 4.56. The molecule has 0 saturated carbocycles. The van der Waals surface area contributed by atoms with Gasteiger partial charge in [0.25, 0.3) is 0 Å². The van der Waals surface area contributed by atoms with Gasteiger partial charge in [-0.2, -0.15) is 0 Å². The highest BCUT2D eigenvalue weighted by molar-refractivity contribution is 7.92. The van der Waals surface area contributed by atoms with Crippen LogP contribution in [-0.4, -0.2) is 46.4 Å². The molecule has 7 nitrogen and oxygen atoms in total. The van der Waals surface area contributed by atoms with Crippen molar-refractivity contribution in [3.8, 4) is 11.5 Å². The van der Waals surface area contributed by atoms with Gasteiger partial charge in [-0.1, -0.05) is 11.6 Å². The van der Waals surface area contributed by atoms with Crippen LogP contribution in [0.2, 0.25) is 0 Å². The van der Waals surface area contributed by atoms with Gasteiger partial charge in [0.1, 0.15) is 19.3 Å². The quantitative estimate of drug-likeness (QED) is 0.748. The van der Waals surface area contributed by atoms with Crippen LogP contribution in [0.25, 0.3) is 0 Å². The lowest BCUT2D eigenvalue weighted by molar-refractivity contribution is -0.121. The van der Waals surface area contributed by atoms with E-state index in [9.17, 15) is 13.2 Å².